The van der Waals surface area contributed by atoms with Crippen molar-refractivity contribution in [1.82, 2.24) is 5.32 Å². The first kappa shape index (κ1) is 16.8. The smallest absolute Gasteiger partial charge is 0.375 e. The van der Waals surface area contributed by atoms with E-state index in [2.05, 4.69) is 5.32 Å². The Bertz CT molecular complexity index is 769. The zero-order valence-electron chi connectivity index (χ0n) is 13.6. The first-order chi connectivity index (χ1) is 12.2. The molecule has 1 atom stereocenters. The summed E-state index contributed by atoms with van der Waals surface area (Å²) in [5.74, 6) is -1.04. The van der Waals surface area contributed by atoms with Gasteiger partial charge in [0, 0.05) is 11.6 Å². The second-order valence-corrected chi connectivity index (χ2v) is 5.99. The molecule has 6 nitrogen and oxygen atoms in total. The summed E-state index contributed by atoms with van der Waals surface area (Å²) in [6.45, 7) is 0. The molecular formula is C19H18N2O4. The van der Waals surface area contributed by atoms with Crippen molar-refractivity contribution in [2.45, 2.75) is 37.8 Å². The fourth-order valence-electron chi connectivity index (χ4n) is 2.91. The van der Waals surface area contributed by atoms with Crippen LogP contribution in [0.4, 0.5) is 0 Å². The summed E-state index contributed by atoms with van der Waals surface area (Å²) in [6.07, 6.45) is 4.30. The topological polar surface area (TPSA) is 92.3 Å². The zero-order valence-corrected chi connectivity index (χ0v) is 13.6. The molecule has 0 spiro atoms. The average Bonchev–Trinajstić information content (AvgIpc) is 3.33. The minimum atomic E-state index is -1.09. The minimum Gasteiger partial charge on any atom is -0.457 e. The summed E-state index contributed by atoms with van der Waals surface area (Å²) in [5, 5.41) is 11.9. The lowest BCUT2D eigenvalue weighted by atomic mass is 10.1. The van der Waals surface area contributed by atoms with Crippen LogP contribution in [-0.2, 0) is 9.53 Å². The van der Waals surface area contributed by atoms with Gasteiger partial charge in [0.05, 0.1) is 17.9 Å². The molecule has 0 bridgehead atoms. The van der Waals surface area contributed by atoms with E-state index in [4.69, 9.17) is 14.4 Å². The van der Waals surface area contributed by atoms with Crippen LogP contribution in [0.15, 0.2) is 47.1 Å². The Labute approximate surface area is 145 Å². The molecule has 0 aliphatic heterocycles. The number of nitriles is 1. The number of ether oxygens (including phenoxy) is 1. The van der Waals surface area contributed by atoms with Crippen molar-refractivity contribution in [2.24, 2.45) is 0 Å². The molecule has 128 valence electrons. The molecule has 6 heteroatoms. The molecule has 1 saturated carbocycles. The van der Waals surface area contributed by atoms with Gasteiger partial charge in [0.1, 0.15) is 0 Å². The molecule has 1 aromatic carbocycles. The number of carbonyl (C=O) groups excluding carboxylic acids is 2. The minimum absolute atomic E-state index is 0.0345. The van der Waals surface area contributed by atoms with Gasteiger partial charge in [-0.25, -0.2) is 4.79 Å². The molecule has 1 fully saturated rings. The molecular weight excluding hydrogens is 320 g/mol. The first-order valence-corrected chi connectivity index (χ1v) is 8.22. The van der Waals surface area contributed by atoms with Gasteiger partial charge in [-0.3, -0.25) is 4.79 Å². The van der Waals surface area contributed by atoms with E-state index < -0.39 is 12.1 Å². The van der Waals surface area contributed by atoms with Crippen LogP contribution in [0.3, 0.4) is 0 Å². The second kappa shape index (κ2) is 7.67. The van der Waals surface area contributed by atoms with Crippen molar-refractivity contribution in [3.05, 3.63) is 59.5 Å². The Morgan fingerprint density at radius 2 is 1.92 bits per heavy atom. The maximum atomic E-state index is 12.7. The number of nitrogens with zero attached hydrogens (tertiary/aromatic N) is 1. The molecule has 1 amide bonds. The van der Waals surface area contributed by atoms with Crippen molar-refractivity contribution in [3.63, 3.8) is 0 Å². The highest BCUT2D eigenvalue weighted by Gasteiger charge is 2.29. The van der Waals surface area contributed by atoms with Gasteiger partial charge in [-0.2, -0.15) is 5.26 Å². The summed E-state index contributed by atoms with van der Waals surface area (Å²) in [7, 11) is 0. The Balaban J connectivity index is 1.80. The van der Waals surface area contributed by atoms with Gasteiger partial charge in [0.2, 0.25) is 11.9 Å². The third kappa shape index (κ3) is 4.07. The van der Waals surface area contributed by atoms with E-state index in [1.807, 2.05) is 6.07 Å². The SMILES string of the molecule is N#Cc1ccc(C(OC(=O)c2ccco2)C(=O)NC2CCCC2)cc1. The number of benzene rings is 1. The van der Waals surface area contributed by atoms with Gasteiger partial charge in [0.25, 0.3) is 5.91 Å². The third-order valence-electron chi connectivity index (χ3n) is 4.23. The highest BCUT2D eigenvalue weighted by atomic mass is 16.6. The lowest BCUT2D eigenvalue weighted by Gasteiger charge is -2.20. The van der Waals surface area contributed by atoms with Gasteiger partial charge >= 0.3 is 5.97 Å². The Morgan fingerprint density at radius 3 is 2.52 bits per heavy atom. The summed E-state index contributed by atoms with van der Waals surface area (Å²) in [6, 6.07) is 11.6. The van der Waals surface area contributed by atoms with Gasteiger partial charge < -0.3 is 14.5 Å². The summed E-state index contributed by atoms with van der Waals surface area (Å²) < 4.78 is 10.4. The standard InChI is InChI=1S/C19H18N2O4/c20-12-13-7-9-14(10-8-13)17(18(22)21-15-4-1-2-5-15)25-19(23)16-6-3-11-24-16/h3,6-11,15,17H,1-2,4-5H2,(H,21,22). The molecule has 0 saturated heterocycles. The maximum absolute atomic E-state index is 12.7. The van der Waals surface area contributed by atoms with Crippen LogP contribution in [-0.4, -0.2) is 17.9 Å². The van der Waals surface area contributed by atoms with Crippen molar-refractivity contribution in [2.75, 3.05) is 0 Å². The quantitative estimate of drug-likeness (QED) is 0.846. The van der Waals surface area contributed by atoms with E-state index in [0.29, 0.717) is 11.1 Å². The third-order valence-corrected chi connectivity index (χ3v) is 4.23. The van der Waals surface area contributed by atoms with E-state index in [1.54, 1.807) is 30.3 Å². The van der Waals surface area contributed by atoms with Crippen molar-refractivity contribution >= 4 is 11.9 Å². The molecule has 1 aliphatic rings. The highest BCUT2D eigenvalue weighted by Crippen LogP contribution is 2.23. The van der Waals surface area contributed by atoms with Gasteiger partial charge in [-0.15, -0.1) is 0 Å². The monoisotopic (exact) mass is 338 g/mol. The number of hydrogen-bond acceptors (Lipinski definition) is 5. The van der Waals surface area contributed by atoms with E-state index in [-0.39, 0.29) is 17.7 Å². The second-order valence-electron chi connectivity index (χ2n) is 5.99. The van der Waals surface area contributed by atoms with E-state index in [1.165, 1.54) is 12.3 Å². The fraction of sp³-hybridized carbons (Fsp3) is 0.316. The first-order valence-electron chi connectivity index (χ1n) is 8.22. The predicted molar refractivity (Wildman–Crippen MR) is 88.4 cm³/mol. The number of hydrogen-bond donors (Lipinski definition) is 1. The Kier molecular flexibility index (Phi) is 5.14. The van der Waals surface area contributed by atoms with Crippen LogP contribution in [0.25, 0.3) is 0 Å². The molecule has 2 aromatic rings. The van der Waals surface area contributed by atoms with Gasteiger partial charge in [-0.1, -0.05) is 25.0 Å². The molecule has 1 heterocycles. The van der Waals surface area contributed by atoms with Crippen LogP contribution < -0.4 is 5.32 Å². The number of rotatable bonds is 5. The van der Waals surface area contributed by atoms with Crippen LogP contribution in [0.5, 0.6) is 0 Å². The number of esters is 1. The van der Waals surface area contributed by atoms with Gasteiger partial charge in [-0.05, 0) is 37.1 Å². The Hall–Kier alpha value is -3.07. The van der Waals surface area contributed by atoms with Crippen molar-refractivity contribution < 1.29 is 18.7 Å². The van der Waals surface area contributed by atoms with E-state index in [9.17, 15) is 9.59 Å². The summed E-state index contributed by atoms with van der Waals surface area (Å²) >= 11 is 0. The molecule has 3 rings (SSSR count). The maximum Gasteiger partial charge on any atom is 0.375 e. The Morgan fingerprint density at radius 1 is 1.20 bits per heavy atom. The van der Waals surface area contributed by atoms with Crippen LogP contribution in [0, 0.1) is 11.3 Å². The number of furan rings is 1. The van der Waals surface area contributed by atoms with Crippen LogP contribution in [0.2, 0.25) is 0 Å². The summed E-state index contributed by atoms with van der Waals surface area (Å²) in [4.78, 5) is 24.9. The number of amides is 1. The average molecular weight is 338 g/mol. The molecule has 0 radical (unpaired) electrons. The largest absolute Gasteiger partial charge is 0.457 e. The van der Waals surface area contributed by atoms with Crippen molar-refractivity contribution in [1.29, 1.82) is 5.26 Å². The molecule has 1 aromatic heterocycles. The number of carbonyl (C=O) groups is 2. The molecule has 1 aliphatic carbocycles. The number of nitrogens with one attached hydrogen (secondary N) is 1. The molecule has 1 N–H and O–H groups in total. The zero-order chi connectivity index (χ0) is 17.6. The predicted octanol–water partition coefficient (Wildman–Crippen LogP) is 3.11. The van der Waals surface area contributed by atoms with E-state index in [0.717, 1.165) is 25.7 Å². The lowest BCUT2D eigenvalue weighted by molar-refractivity contribution is -0.131. The molecule has 1 unspecified atom stereocenters. The highest BCUT2D eigenvalue weighted by molar-refractivity contribution is 5.90. The summed E-state index contributed by atoms with van der Waals surface area (Å²) in [5.41, 5.74) is 0.977. The normalized spacial score (nSPS) is 15.3. The van der Waals surface area contributed by atoms with Crippen LogP contribution >= 0.6 is 0 Å². The van der Waals surface area contributed by atoms with Crippen LogP contribution in [0.1, 0.15) is 53.5 Å². The fourth-order valence-corrected chi connectivity index (χ4v) is 2.91. The van der Waals surface area contributed by atoms with Crippen molar-refractivity contribution in [3.8, 4) is 6.07 Å². The van der Waals surface area contributed by atoms with Gasteiger partial charge in [0.15, 0.2) is 0 Å². The van der Waals surface area contributed by atoms with E-state index >= 15 is 0 Å². The molecule has 25 heavy (non-hydrogen) atoms. The lowest BCUT2D eigenvalue weighted by Crippen LogP contribution is -2.38.